The number of aromatic nitrogens is 1. The fourth-order valence-corrected chi connectivity index (χ4v) is 2.94. The molecule has 0 saturated heterocycles. The largest absolute Gasteiger partial charge is 0.462 e. The second-order valence-corrected chi connectivity index (χ2v) is 6.31. The number of nitrogens with one attached hydrogen (secondary N) is 1. The summed E-state index contributed by atoms with van der Waals surface area (Å²) in [5, 5.41) is 2.95. The number of benzene rings is 2. The number of anilines is 1. The zero-order valence-corrected chi connectivity index (χ0v) is 15.7. The average Bonchev–Trinajstić information content (AvgIpc) is 2.74. The third-order valence-corrected chi connectivity index (χ3v) is 4.37. The van der Waals surface area contributed by atoms with E-state index in [2.05, 4.69) is 10.3 Å². The molecule has 0 spiro atoms. The standard InChI is InChI=1S/C23H22N2O3/c1-2-28-23(27)19-8-10-20(11-9-19)25-22(26)21(18-6-4-3-5-7-18)16-17-12-14-24-15-13-17/h3-15,21H,2,16H2,1H3,(H,25,26). The lowest BCUT2D eigenvalue weighted by Gasteiger charge is -2.17. The van der Waals surface area contributed by atoms with Crippen molar-refractivity contribution in [2.45, 2.75) is 19.3 Å². The number of pyridine rings is 1. The van der Waals surface area contributed by atoms with Gasteiger partial charge in [-0.05, 0) is 60.9 Å². The Balaban J connectivity index is 1.77. The number of hydrogen-bond donors (Lipinski definition) is 1. The highest BCUT2D eigenvalue weighted by molar-refractivity contribution is 5.97. The second-order valence-electron chi connectivity index (χ2n) is 6.31. The third-order valence-electron chi connectivity index (χ3n) is 4.37. The fourth-order valence-electron chi connectivity index (χ4n) is 2.94. The van der Waals surface area contributed by atoms with Crippen LogP contribution in [0.5, 0.6) is 0 Å². The van der Waals surface area contributed by atoms with Gasteiger partial charge in [0.2, 0.25) is 5.91 Å². The molecule has 1 heterocycles. The van der Waals surface area contributed by atoms with Crippen LogP contribution in [0.4, 0.5) is 5.69 Å². The molecule has 1 unspecified atom stereocenters. The molecule has 5 nitrogen and oxygen atoms in total. The van der Waals surface area contributed by atoms with Gasteiger partial charge in [0.25, 0.3) is 0 Å². The Labute approximate surface area is 164 Å². The van der Waals surface area contributed by atoms with Crippen LogP contribution in [0.1, 0.15) is 34.3 Å². The molecule has 0 aliphatic rings. The molecule has 0 fully saturated rings. The average molecular weight is 374 g/mol. The number of carbonyl (C=O) groups excluding carboxylic acids is 2. The third kappa shape index (κ3) is 5.04. The first-order valence-corrected chi connectivity index (χ1v) is 9.19. The Kier molecular flexibility index (Phi) is 6.52. The highest BCUT2D eigenvalue weighted by Crippen LogP contribution is 2.23. The molecule has 0 bridgehead atoms. The Hall–Kier alpha value is -3.47. The lowest BCUT2D eigenvalue weighted by molar-refractivity contribution is -0.117. The molecule has 0 radical (unpaired) electrons. The van der Waals surface area contributed by atoms with E-state index in [9.17, 15) is 9.59 Å². The number of amides is 1. The molecular weight excluding hydrogens is 352 g/mol. The molecule has 1 N–H and O–H groups in total. The summed E-state index contributed by atoms with van der Waals surface area (Å²) in [5.74, 6) is -0.819. The molecule has 1 amide bonds. The van der Waals surface area contributed by atoms with Crippen LogP contribution in [0.15, 0.2) is 79.1 Å². The van der Waals surface area contributed by atoms with E-state index in [1.165, 1.54) is 0 Å². The number of esters is 1. The second kappa shape index (κ2) is 9.46. The summed E-state index contributed by atoms with van der Waals surface area (Å²) in [7, 11) is 0. The Morgan fingerprint density at radius 2 is 1.64 bits per heavy atom. The predicted octanol–water partition coefficient (Wildman–Crippen LogP) is 4.22. The van der Waals surface area contributed by atoms with E-state index >= 15 is 0 Å². The van der Waals surface area contributed by atoms with Crippen LogP contribution in [0.25, 0.3) is 0 Å². The lowest BCUT2D eigenvalue weighted by Crippen LogP contribution is -2.23. The van der Waals surface area contributed by atoms with Crippen LogP contribution >= 0.6 is 0 Å². The van der Waals surface area contributed by atoms with Gasteiger partial charge in [0.05, 0.1) is 18.1 Å². The molecule has 1 aromatic heterocycles. The van der Waals surface area contributed by atoms with Crippen LogP contribution in [0.3, 0.4) is 0 Å². The molecule has 2 aromatic carbocycles. The van der Waals surface area contributed by atoms with Gasteiger partial charge < -0.3 is 10.1 Å². The van der Waals surface area contributed by atoms with E-state index < -0.39 is 0 Å². The molecule has 28 heavy (non-hydrogen) atoms. The van der Waals surface area contributed by atoms with Gasteiger partial charge in [0, 0.05) is 18.1 Å². The van der Waals surface area contributed by atoms with E-state index in [0.717, 1.165) is 11.1 Å². The highest BCUT2D eigenvalue weighted by Gasteiger charge is 2.21. The first-order chi connectivity index (χ1) is 13.7. The van der Waals surface area contributed by atoms with Gasteiger partial charge in [0.1, 0.15) is 0 Å². The smallest absolute Gasteiger partial charge is 0.338 e. The first kappa shape index (κ1) is 19.3. The molecule has 0 saturated carbocycles. The zero-order valence-electron chi connectivity index (χ0n) is 15.7. The maximum Gasteiger partial charge on any atom is 0.338 e. The molecule has 3 rings (SSSR count). The van der Waals surface area contributed by atoms with E-state index in [0.29, 0.717) is 24.3 Å². The molecule has 5 heteroatoms. The number of nitrogens with zero attached hydrogens (tertiary/aromatic N) is 1. The Morgan fingerprint density at radius 3 is 2.29 bits per heavy atom. The number of ether oxygens (including phenoxy) is 1. The van der Waals surface area contributed by atoms with Crippen LogP contribution < -0.4 is 5.32 Å². The minimum Gasteiger partial charge on any atom is -0.462 e. The monoisotopic (exact) mass is 374 g/mol. The van der Waals surface area contributed by atoms with Gasteiger partial charge in [-0.1, -0.05) is 30.3 Å². The zero-order chi connectivity index (χ0) is 19.8. The van der Waals surface area contributed by atoms with Crippen molar-refractivity contribution in [3.63, 3.8) is 0 Å². The van der Waals surface area contributed by atoms with E-state index in [1.807, 2.05) is 42.5 Å². The highest BCUT2D eigenvalue weighted by atomic mass is 16.5. The van der Waals surface area contributed by atoms with Crippen LogP contribution in [-0.4, -0.2) is 23.5 Å². The molecule has 0 aliphatic heterocycles. The van der Waals surface area contributed by atoms with Crippen molar-refractivity contribution in [2.75, 3.05) is 11.9 Å². The minimum atomic E-state index is -0.375. The van der Waals surface area contributed by atoms with Gasteiger partial charge in [-0.15, -0.1) is 0 Å². The fraction of sp³-hybridized carbons (Fsp3) is 0.174. The maximum absolute atomic E-state index is 13.0. The van der Waals surface area contributed by atoms with Gasteiger partial charge in [0.15, 0.2) is 0 Å². The van der Waals surface area contributed by atoms with E-state index in [4.69, 9.17) is 4.74 Å². The number of rotatable bonds is 7. The summed E-state index contributed by atoms with van der Waals surface area (Å²) in [5.41, 5.74) is 3.07. The van der Waals surface area contributed by atoms with Gasteiger partial charge in [-0.25, -0.2) is 4.79 Å². The number of hydrogen-bond acceptors (Lipinski definition) is 4. The topological polar surface area (TPSA) is 68.3 Å². The molecule has 3 aromatic rings. The summed E-state index contributed by atoms with van der Waals surface area (Å²) in [6, 6.07) is 20.2. The van der Waals surface area contributed by atoms with Crippen molar-refractivity contribution in [2.24, 2.45) is 0 Å². The van der Waals surface area contributed by atoms with Gasteiger partial charge in [-0.2, -0.15) is 0 Å². The Morgan fingerprint density at radius 1 is 0.964 bits per heavy atom. The van der Waals surface area contributed by atoms with Crippen LogP contribution in [0, 0.1) is 0 Å². The number of carbonyl (C=O) groups is 2. The SMILES string of the molecule is CCOC(=O)c1ccc(NC(=O)C(Cc2ccncc2)c2ccccc2)cc1. The molecule has 1 atom stereocenters. The van der Waals surface area contributed by atoms with Gasteiger partial charge >= 0.3 is 5.97 Å². The molecule has 0 aliphatic carbocycles. The minimum absolute atomic E-state index is 0.105. The summed E-state index contributed by atoms with van der Waals surface area (Å²) >= 11 is 0. The van der Waals surface area contributed by atoms with Crippen molar-refractivity contribution >= 4 is 17.6 Å². The van der Waals surface area contributed by atoms with Gasteiger partial charge in [-0.3, -0.25) is 9.78 Å². The van der Waals surface area contributed by atoms with Crippen molar-refractivity contribution in [1.29, 1.82) is 0 Å². The van der Waals surface area contributed by atoms with Crippen molar-refractivity contribution < 1.29 is 14.3 Å². The van der Waals surface area contributed by atoms with E-state index in [1.54, 1.807) is 43.6 Å². The van der Waals surface area contributed by atoms with Crippen molar-refractivity contribution in [3.8, 4) is 0 Å². The van der Waals surface area contributed by atoms with Crippen LogP contribution in [-0.2, 0) is 16.0 Å². The molecular formula is C23H22N2O3. The predicted molar refractivity (Wildman–Crippen MR) is 108 cm³/mol. The maximum atomic E-state index is 13.0. The summed E-state index contributed by atoms with van der Waals surface area (Å²) in [6.45, 7) is 2.09. The first-order valence-electron chi connectivity index (χ1n) is 9.19. The Bertz CT molecular complexity index is 910. The molecule has 142 valence electrons. The van der Waals surface area contributed by atoms with Crippen molar-refractivity contribution in [3.05, 3.63) is 95.8 Å². The quantitative estimate of drug-likeness (QED) is 0.629. The normalized spacial score (nSPS) is 11.5. The summed E-state index contributed by atoms with van der Waals surface area (Å²) < 4.78 is 4.98. The van der Waals surface area contributed by atoms with Crippen molar-refractivity contribution in [1.82, 2.24) is 4.98 Å². The lowest BCUT2D eigenvalue weighted by atomic mass is 9.91. The van der Waals surface area contributed by atoms with E-state index in [-0.39, 0.29) is 17.8 Å². The summed E-state index contributed by atoms with van der Waals surface area (Å²) in [6.07, 6.45) is 4.02. The summed E-state index contributed by atoms with van der Waals surface area (Å²) in [4.78, 5) is 28.8. The van der Waals surface area contributed by atoms with Crippen LogP contribution in [0.2, 0.25) is 0 Å².